The van der Waals surface area contributed by atoms with Crippen molar-refractivity contribution >= 4 is 55.8 Å². The van der Waals surface area contributed by atoms with Crippen molar-refractivity contribution in [1.29, 1.82) is 0 Å². The summed E-state index contributed by atoms with van der Waals surface area (Å²) in [5.41, 5.74) is 0. The van der Waals surface area contributed by atoms with Crippen molar-refractivity contribution in [3.8, 4) is 0 Å². The van der Waals surface area contributed by atoms with Crippen LogP contribution in [0.2, 0.25) is 0 Å². The molecule has 0 amide bonds. The molecule has 0 bridgehead atoms. The molecule has 0 aromatic carbocycles. The zero-order chi connectivity index (χ0) is 17.6. The van der Waals surface area contributed by atoms with Crippen molar-refractivity contribution in [1.82, 2.24) is 0 Å². The van der Waals surface area contributed by atoms with Gasteiger partial charge in [-0.1, -0.05) is 28.2 Å². The lowest BCUT2D eigenvalue weighted by molar-refractivity contribution is -0.137. The number of carboxylic acid groups (broad SMARTS) is 3. The first kappa shape index (κ1) is 29.5. The zero-order valence-electron chi connectivity index (χ0n) is 12.3. The van der Waals surface area contributed by atoms with Crippen molar-refractivity contribution in [2.24, 2.45) is 0 Å². The van der Waals surface area contributed by atoms with Gasteiger partial charge in [-0.25, -0.2) is 0 Å². The van der Waals surface area contributed by atoms with Crippen LogP contribution in [-0.2, 0) is 14.4 Å². The van der Waals surface area contributed by atoms with Crippen LogP contribution in [0.1, 0.15) is 47.5 Å². The molecule has 0 saturated heterocycles. The Balaban J connectivity index is -0.000000108. The summed E-state index contributed by atoms with van der Waals surface area (Å²) in [5.74, 6) is -2.37. The average molecular weight is 377 g/mol. The van der Waals surface area contributed by atoms with E-state index in [1.807, 2.05) is 0 Å². The summed E-state index contributed by atoms with van der Waals surface area (Å²) in [6, 6.07) is 0. The smallest absolute Gasteiger partial charge is 0.304 e. The highest BCUT2D eigenvalue weighted by Crippen LogP contribution is 1.97. The summed E-state index contributed by atoms with van der Waals surface area (Å²) < 4.78 is 0. The number of carbonyl (C=O) groups is 3. The van der Waals surface area contributed by atoms with Crippen molar-refractivity contribution in [2.45, 2.75) is 63.2 Å². The molecule has 3 unspecified atom stereocenters. The molecule has 134 valence electrons. The van der Waals surface area contributed by atoms with Gasteiger partial charge in [-0.15, -0.1) is 0 Å². The van der Waals surface area contributed by atoms with Gasteiger partial charge in [0.2, 0.25) is 0 Å². The summed E-state index contributed by atoms with van der Waals surface area (Å²) in [6.07, 6.45) is 0.426. The van der Waals surface area contributed by atoms with Crippen LogP contribution in [0, 0.1) is 0 Å². The Hall–Kier alpha value is -0.540. The van der Waals surface area contributed by atoms with E-state index in [-0.39, 0.29) is 42.4 Å². The molecule has 0 aromatic heterocycles. The number of hydrogen-bond acceptors (Lipinski definition) is 6. The Labute approximate surface area is 148 Å². The fourth-order valence-corrected chi connectivity index (χ4v) is 1.23. The minimum absolute atomic E-state index is 0. The molecule has 3 atom stereocenters. The minimum atomic E-state index is -0.789. The van der Waals surface area contributed by atoms with Gasteiger partial charge in [0.15, 0.2) is 0 Å². The standard InChI is InChI=1S/3C4H8O2S.CH4/c3*1-3(7)2-4(5)6;/h3*3,7H,2H2,1H3,(H,5,6);1H4. The maximum absolute atomic E-state index is 9.76. The van der Waals surface area contributed by atoms with E-state index in [4.69, 9.17) is 15.3 Å². The summed E-state index contributed by atoms with van der Waals surface area (Å²) in [7, 11) is 0. The second-order valence-electron chi connectivity index (χ2n) is 4.34. The highest BCUT2D eigenvalue weighted by atomic mass is 32.1. The van der Waals surface area contributed by atoms with Crippen LogP contribution in [0.25, 0.3) is 0 Å². The van der Waals surface area contributed by atoms with E-state index < -0.39 is 17.9 Å². The molecule has 3 N–H and O–H groups in total. The first-order chi connectivity index (χ1) is 9.38. The lowest BCUT2D eigenvalue weighted by Crippen LogP contribution is -2.01. The summed E-state index contributed by atoms with van der Waals surface area (Å²) in [6.45, 7) is 5.24. The number of carboxylic acids is 3. The summed E-state index contributed by atoms with van der Waals surface area (Å²) >= 11 is 11.6. The van der Waals surface area contributed by atoms with Crippen LogP contribution < -0.4 is 0 Å². The first-order valence-corrected chi connectivity index (χ1v) is 7.62. The Kier molecular flexibility index (Phi) is 24.8. The quantitative estimate of drug-likeness (QED) is 0.398. The van der Waals surface area contributed by atoms with Crippen molar-refractivity contribution in [3.63, 3.8) is 0 Å². The van der Waals surface area contributed by atoms with Crippen LogP contribution in [-0.4, -0.2) is 49.0 Å². The maximum Gasteiger partial charge on any atom is 0.304 e. The zero-order valence-corrected chi connectivity index (χ0v) is 14.9. The number of rotatable bonds is 6. The maximum atomic E-state index is 9.76. The molecule has 0 aliphatic carbocycles. The van der Waals surface area contributed by atoms with E-state index in [2.05, 4.69) is 37.9 Å². The third-order valence-corrected chi connectivity index (χ3v) is 1.96. The molecular formula is C13H28O6S3. The van der Waals surface area contributed by atoms with Crippen LogP contribution in [0.5, 0.6) is 0 Å². The second-order valence-corrected chi connectivity index (χ2v) is 6.99. The van der Waals surface area contributed by atoms with E-state index in [0.717, 1.165) is 0 Å². The van der Waals surface area contributed by atoms with Crippen LogP contribution in [0.3, 0.4) is 0 Å². The topological polar surface area (TPSA) is 112 Å². The van der Waals surface area contributed by atoms with E-state index >= 15 is 0 Å². The molecule has 0 aliphatic heterocycles. The highest BCUT2D eigenvalue weighted by Gasteiger charge is 2.00. The van der Waals surface area contributed by atoms with E-state index in [9.17, 15) is 14.4 Å². The van der Waals surface area contributed by atoms with Crippen LogP contribution >= 0.6 is 37.9 Å². The SMILES string of the molecule is C.CC(S)CC(=O)O.CC(S)CC(=O)O.CC(S)CC(=O)O. The second kappa shape index (κ2) is 18.5. The average Bonchev–Trinajstić information content (AvgIpc) is 2.10. The predicted octanol–water partition coefficient (Wildman–Crippen LogP) is 2.97. The molecule has 0 saturated carbocycles. The Morgan fingerprint density at radius 3 is 0.818 bits per heavy atom. The van der Waals surface area contributed by atoms with Gasteiger partial charge in [-0.05, 0) is 0 Å². The molecule has 6 nitrogen and oxygen atoms in total. The third-order valence-electron chi connectivity index (χ3n) is 1.41. The largest absolute Gasteiger partial charge is 0.481 e. The van der Waals surface area contributed by atoms with Gasteiger partial charge >= 0.3 is 17.9 Å². The molecule has 0 fully saturated rings. The Bertz CT molecular complexity index is 259. The molecule has 0 aliphatic rings. The first-order valence-electron chi connectivity index (χ1n) is 6.08. The van der Waals surface area contributed by atoms with E-state index in [0.29, 0.717) is 0 Å². The molecule has 0 aromatic rings. The van der Waals surface area contributed by atoms with Crippen LogP contribution in [0.4, 0.5) is 0 Å². The fourth-order valence-electron chi connectivity index (χ4n) is 0.758. The van der Waals surface area contributed by atoms with Gasteiger partial charge in [-0.3, -0.25) is 14.4 Å². The highest BCUT2D eigenvalue weighted by molar-refractivity contribution is 7.81. The Morgan fingerprint density at radius 1 is 0.682 bits per heavy atom. The monoisotopic (exact) mass is 376 g/mol. The van der Waals surface area contributed by atoms with Crippen molar-refractivity contribution in [2.75, 3.05) is 0 Å². The van der Waals surface area contributed by atoms with Gasteiger partial charge in [0.25, 0.3) is 0 Å². The number of thiol groups is 3. The molecule has 0 radical (unpaired) electrons. The Morgan fingerprint density at radius 2 is 0.818 bits per heavy atom. The lowest BCUT2D eigenvalue weighted by Gasteiger charge is -1.93. The van der Waals surface area contributed by atoms with Crippen molar-refractivity contribution < 1.29 is 29.7 Å². The van der Waals surface area contributed by atoms with E-state index in [1.54, 1.807) is 20.8 Å². The molecular weight excluding hydrogens is 348 g/mol. The van der Waals surface area contributed by atoms with Gasteiger partial charge in [0.05, 0.1) is 19.3 Å². The minimum Gasteiger partial charge on any atom is -0.481 e. The lowest BCUT2D eigenvalue weighted by atomic mass is 10.3. The van der Waals surface area contributed by atoms with Gasteiger partial charge in [-0.2, -0.15) is 37.9 Å². The third kappa shape index (κ3) is 50.5. The van der Waals surface area contributed by atoms with Gasteiger partial charge in [0.1, 0.15) is 0 Å². The van der Waals surface area contributed by atoms with Crippen LogP contribution in [0.15, 0.2) is 0 Å². The normalized spacial score (nSPS) is 12.8. The molecule has 0 rings (SSSR count). The summed E-state index contributed by atoms with van der Waals surface area (Å²) in [4.78, 5) is 29.3. The summed E-state index contributed by atoms with van der Waals surface area (Å²) in [5, 5.41) is 24.0. The molecule has 9 heteroatoms. The predicted molar refractivity (Wildman–Crippen MR) is 98.8 cm³/mol. The fraction of sp³-hybridized carbons (Fsp3) is 0.769. The van der Waals surface area contributed by atoms with E-state index in [1.165, 1.54) is 0 Å². The van der Waals surface area contributed by atoms with Gasteiger partial charge in [0, 0.05) is 15.7 Å². The van der Waals surface area contributed by atoms with Crippen molar-refractivity contribution in [3.05, 3.63) is 0 Å². The molecule has 22 heavy (non-hydrogen) atoms. The number of aliphatic carboxylic acids is 3. The number of hydrogen-bond donors (Lipinski definition) is 6. The molecule has 0 heterocycles. The molecule has 0 spiro atoms. The van der Waals surface area contributed by atoms with Gasteiger partial charge < -0.3 is 15.3 Å².